The van der Waals surface area contributed by atoms with Crippen molar-refractivity contribution in [2.24, 2.45) is 0 Å². The number of hydrogen-bond acceptors (Lipinski definition) is 2. The normalized spacial score (nSPS) is 10.6. The van der Waals surface area contributed by atoms with Gasteiger partial charge in [-0.25, -0.2) is 0 Å². The number of nitrogens with one attached hydrogen (secondary N) is 1. The number of anilines is 1. The number of carbonyl (C=O) groups is 1. The lowest BCUT2D eigenvalue weighted by molar-refractivity contribution is -0.111. The summed E-state index contributed by atoms with van der Waals surface area (Å²) in [7, 11) is 0. The smallest absolute Gasteiger partial charge is 0.248 e. The van der Waals surface area contributed by atoms with Gasteiger partial charge in [0.2, 0.25) is 5.91 Å². The van der Waals surface area contributed by atoms with Crippen LogP contribution in [-0.2, 0) is 4.79 Å². The van der Waals surface area contributed by atoms with Crippen LogP contribution in [0.5, 0.6) is 0 Å². The van der Waals surface area contributed by atoms with Crippen LogP contribution in [0.15, 0.2) is 53.2 Å². The first-order valence-electron chi connectivity index (χ1n) is 5.02. The van der Waals surface area contributed by atoms with Crippen molar-refractivity contribution in [1.82, 2.24) is 0 Å². The van der Waals surface area contributed by atoms with E-state index < -0.39 is 0 Å². The summed E-state index contributed by atoms with van der Waals surface area (Å²) in [6.07, 6.45) is 4.55. The highest BCUT2D eigenvalue weighted by Crippen LogP contribution is 2.14. The Morgan fingerprint density at radius 3 is 2.88 bits per heavy atom. The second-order valence-electron chi connectivity index (χ2n) is 3.35. The van der Waals surface area contributed by atoms with E-state index in [1.165, 1.54) is 6.08 Å². The summed E-state index contributed by atoms with van der Waals surface area (Å²) < 4.78 is 5.07. The number of carbonyl (C=O) groups excluding carboxylic acids is 1. The van der Waals surface area contributed by atoms with Crippen molar-refractivity contribution < 1.29 is 9.21 Å². The van der Waals surface area contributed by atoms with Gasteiger partial charge in [0, 0.05) is 16.8 Å². The van der Waals surface area contributed by atoms with Gasteiger partial charge in [0.25, 0.3) is 0 Å². The number of rotatable bonds is 3. The van der Waals surface area contributed by atoms with E-state index in [-0.39, 0.29) is 5.91 Å². The summed E-state index contributed by atoms with van der Waals surface area (Å²) in [5, 5.41) is 3.27. The molecule has 1 aromatic heterocycles. The van der Waals surface area contributed by atoms with Crippen molar-refractivity contribution in [3.63, 3.8) is 0 Å². The van der Waals surface area contributed by atoms with Gasteiger partial charge < -0.3 is 9.73 Å². The highest BCUT2D eigenvalue weighted by atomic mass is 35.5. The van der Waals surface area contributed by atoms with Crippen molar-refractivity contribution >= 4 is 29.3 Å². The van der Waals surface area contributed by atoms with Crippen LogP contribution in [0.4, 0.5) is 5.69 Å². The van der Waals surface area contributed by atoms with E-state index in [1.54, 1.807) is 48.7 Å². The van der Waals surface area contributed by atoms with E-state index in [1.807, 2.05) is 0 Å². The maximum Gasteiger partial charge on any atom is 0.248 e. The van der Waals surface area contributed by atoms with Gasteiger partial charge in [-0.1, -0.05) is 17.7 Å². The molecule has 1 N–H and O–H groups in total. The topological polar surface area (TPSA) is 42.2 Å². The summed E-state index contributed by atoms with van der Waals surface area (Å²) in [5.41, 5.74) is 0.659. The zero-order valence-corrected chi connectivity index (χ0v) is 9.65. The van der Waals surface area contributed by atoms with Crippen LogP contribution >= 0.6 is 11.6 Å². The van der Waals surface area contributed by atoms with Gasteiger partial charge in [0.05, 0.1) is 6.26 Å². The fraction of sp³-hybridized carbons (Fsp3) is 0. The summed E-state index contributed by atoms with van der Waals surface area (Å²) >= 11 is 5.80. The molecule has 0 spiro atoms. The molecule has 2 aromatic rings. The van der Waals surface area contributed by atoms with Gasteiger partial charge >= 0.3 is 0 Å². The average Bonchev–Trinajstić information content (AvgIpc) is 2.79. The van der Waals surface area contributed by atoms with Crippen LogP contribution in [0, 0.1) is 0 Å². The van der Waals surface area contributed by atoms with Crippen LogP contribution in [0.1, 0.15) is 5.76 Å². The average molecular weight is 248 g/mol. The Balaban J connectivity index is 1.98. The molecule has 1 heterocycles. The Morgan fingerprint density at radius 2 is 2.18 bits per heavy atom. The molecule has 17 heavy (non-hydrogen) atoms. The van der Waals surface area contributed by atoms with Crippen molar-refractivity contribution in [2.75, 3.05) is 5.32 Å². The molecule has 2 rings (SSSR count). The fourth-order valence-electron chi connectivity index (χ4n) is 1.29. The number of benzene rings is 1. The Bertz CT molecular complexity index is 532. The lowest BCUT2D eigenvalue weighted by atomic mass is 10.3. The van der Waals surface area contributed by atoms with Gasteiger partial charge in [-0.2, -0.15) is 0 Å². The molecule has 3 nitrogen and oxygen atoms in total. The molecule has 0 unspecified atom stereocenters. The third kappa shape index (κ3) is 3.50. The van der Waals surface area contributed by atoms with E-state index in [2.05, 4.69) is 5.32 Å². The SMILES string of the molecule is O=C(C=Cc1ccco1)Nc1cccc(Cl)c1. The summed E-state index contributed by atoms with van der Waals surface area (Å²) in [4.78, 5) is 11.5. The molecule has 1 aromatic carbocycles. The molecular formula is C13H10ClNO2. The minimum Gasteiger partial charge on any atom is -0.465 e. The molecule has 0 aliphatic heterocycles. The highest BCUT2D eigenvalue weighted by molar-refractivity contribution is 6.30. The number of halogens is 1. The van der Waals surface area contributed by atoms with Crippen LogP contribution in [0.3, 0.4) is 0 Å². The first kappa shape index (κ1) is 11.5. The quantitative estimate of drug-likeness (QED) is 0.843. The largest absolute Gasteiger partial charge is 0.465 e. The van der Waals surface area contributed by atoms with Crippen LogP contribution < -0.4 is 5.32 Å². The van der Waals surface area contributed by atoms with E-state index in [0.717, 1.165) is 0 Å². The second kappa shape index (κ2) is 5.37. The second-order valence-corrected chi connectivity index (χ2v) is 3.78. The Hall–Kier alpha value is -2.00. The first-order valence-corrected chi connectivity index (χ1v) is 5.40. The monoisotopic (exact) mass is 247 g/mol. The molecule has 0 fully saturated rings. The standard InChI is InChI=1S/C13H10ClNO2/c14-10-3-1-4-11(9-10)15-13(16)7-6-12-5-2-8-17-12/h1-9H,(H,15,16). The third-order valence-electron chi connectivity index (χ3n) is 2.03. The molecule has 0 saturated heterocycles. The zero-order valence-electron chi connectivity index (χ0n) is 8.89. The van der Waals surface area contributed by atoms with E-state index in [0.29, 0.717) is 16.5 Å². The Kier molecular flexibility index (Phi) is 3.62. The molecule has 0 aliphatic carbocycles. The van der Waals surface area contributed by atoms with Gasteiger partial charge in [0.1, 0.15) is 5.76 Å². The lowest BCUT2D eigenvalue weighted by Crippen LogP contribution is -2.07. The van der Waals surface area contributed by atoms with Crippen molar-refractivity contribution in [2.45, 2.75) is 0 Å². The Labute approximate surface area is 104 Å². The fourth-order valence-corrected chi connectivity index (χ4v) is 1.48. The molecule has 0 saturated carbocycles. The van der Waals surface area contributed by atoms with Crippen LogP contribution in [0.25, 0.3) is 6.08 Å². The van der Waals surface area contributed by atoms with Crippen LogP contribution in [-0.4, -0.2) is 5.91 Å². The summed E-state index contributed by atoms with van der Waals surface area (Å²) in [5.74, 6) is 0.398. The van der Waals surface area contributed by atoms with Crippen molar-refractivity contribution in [1.29, 1.82) is 0 Å². The predicted molar refractivity (Wildman–Crippen MR) is 67.8 cm³/mol. The first-order chi connectivity index (χ1) is 8.24. The number of amides is 1. The molecule has 0 radical (unpaired) electrons. The van der Waals surface area contributed by atoms with Gasteiger partial charge in [-0.15, -0.1) is 0 Å². The minimum absolute atomic E-state index is 0.233. The molecule has 86 valence electrons. The van der Waals surface area contributed by atoms with Crippen LogP contribution in [0.2, 0.25) is 5.02 Å². The van der Waals surface area contributed by atoms with Gasteiger partial charge in [-0.05, 0) is 36.4 Å². The summed E-state index contributed by atoms with van der Waals surface area (Å²) in [6, 6.07) is 10.5. The van der Waals surface area contributed by atoms with E-state index >= 15 is 0 Å². The maximum atomic E-state index is 11.5. The molecule has 1 amide bonds. The molecular weight excluding hydrogens is 238 g/mol. The molecule has 0 atom stereocenters. The molecule has 4 heteroatoms. The third-order valence-corrected chi connectivity index (χ3v) is 2.27. The number of hydrogen-bond donors (Lipinski definition) is 1. The summed E-state index contributed by atoms with van der Waals surface area (Å²) in [6.45, 7) is 0. The maximum absolute atomic E-state index is 11.5. The minimum atomic E-state index is -0.233. The molecule has 0 bridgehead atoms. The lowest BCUT2D eigenvalue weighted by Gasteiger charge is -2.01. The van der Waals surface area contributed by atoms with Crippen molar-refractivity contribution in [3.8, 4) is 0 Å². The number of furan rings is 1. The van der Waals surface area contributed by atoms with E-state index in [9.17, 15) is 4.79 Å². The van der Waals surface area contributed by atoms with Crippen molar-refractivity contribution in [3.05, 3.63) is 59.5 Å². The van der Waals surface area contributed by atoms with E-state index in [4.69, 9.17) is 16.0 Å². The molecule has 0 aliphatic rings. The predicted octanol–water partition coefficient (Wildman–Crippen LogP) is 3.58. The van der Waals surface area contributed by atoms with Gasteiger partial charge in [0.15, 0.2) is 0 Å². The van der Waals surface area contributed by atoms with Gasteiger partial charge in [-0.3, -0.25) is 4.79 Å². The highest BCUT2D eigenvalue weighted by Gasteiger charge is 1.98. The zero-order chi connectivity index (χ0) is 12.1. The Morgan fingerprint density at radius 1 is 1.29 bits per heavy atom.